The van der Waals surface area contributed by atoms with Crippen LogP contribution in [0, 0.1) is 22.7 Å². The van der Waals surface area contributed by atoms with E-state index in [1.165, 1.54) is 16.7 Å². The molecule has 0 spiro atoms. The summed E-state index contributed by atoms with van der Waals surface area (Å²) in [5.41, 5.74) is 0.359. The van der Waals surface area contributed by atoms with E-state index in [9.17, 15) is 25.2 Å². The molecule has 0 aliphatic carbocycles. The number of allylic oxidation sites excluding steroid dienone is 2. The number of hydrogen-bond acceptors (Lipinski definition) is 7. The molecule has 0 bridgehead atoms. The first-order chi connectivity index (χ1) is 15.5. The number of carbonyl (C=O) groups is 1. The van der Waals surface area contributed by atoms with Crippen molar-refractivity contribution < 1.29 is 9.90 Å². The Balaban J connectivity index is 2.53. The maximum Gasteiger partial charge on any atom is 0.336 e. The van der Waals surface area contributed by atoms with Crippen molar-refractivity contribution in [3.8, 4) is 12.1 Å². The number of benzene rings is 1. The van der Waals surface area contributed by atoms with Gasteiger partial charge in [0.05, 0.1) is 10.6 Å². The summed E-state index contributed by atoms with van der Waals surface area (Å²) < 4.78 is 1.83. The molecule has 1 saturated heterocycles. The van der Waals surface area contributed by atoms with Gasteiger partial charge in [0.15, 0.2) is 5.57 Å². The molecule has 162 valence electrons. The molecule has 2 aromatic rings. The fourth-order valence-corrected chi connectivity index (χ4v) is 5.64. The van der Waals surface area contributed by atoms with Crippen molar-refractivity contribution in [1.82, 2.24) is 9.47 Å². The van der Waals surface area contributed by atoms with E-state index >= 15 is 0 Å². The van der Waals surface area contributed by atoms with E-state index in [0.717, 1.165) is 35.2 Å². The van der Waals surface area contributed by atoms with Gasteiger partial charge >= 0.3 is 5.97 Å². The molecule has 1 aliphatic heterocycles. The number of hydrogen-bond donors (Lipinski definition) is 1. The summed E-state index contributed by atoms with van der Waals surface area (Å²) in [6.45, 7) is 7.46. The Hall–Kier alpha value is -3.53. The number of rotatable bonds is 6. The summed E-state index contributed by atoms with van der Waals surface area (Å²) in [4.78, 5) is 27.5. The average molecular weight is 465 g/mol. The topological polar surface area (TPSA) is 110 Å². The van der Waals surface area contributed by atoms with Gasteiger partial charge in [-0.25, -0.2) is 4.79 Å². The number of thioether (sulfide) groups is 1. The average Bonchev–Trinajstić information content (AvgIpc) is 3.38. The molecule has 1 aromatic carbocycles. The quantitative estimate of drug-likeness (QED) is 0.652. The lowest BCUT2D eigenvalue weighted by Crippen LogP contribution is -2.32. The number of aromatic nitrogens is 1. The number of thiazole rings is 1. The van der Waals surface area contributed by atoms with Gasteiger partial charge in [0.1, 0.15) is 21.3 Å². The van der Waals surface area contributed by atoms with E-state index in [2.05, 4.69) is 11.5 Å². The van der Waals surface area contributed by atoms with Crippen LogP contribution in [0.25, 0.3) is 11.1 Å². The third-order valence-electron chi connectivity index (χ3n) is 4.90. The minimum Gasteiger partial charge on any atom is -0.478 e. The molecule has 3 rings (SSSR count). The number of aromatic carboxylic acids is 1. The van der Waals surface area contributed by atoms with E-state index in [1.54, 1.807) is 30.0 Å². The van der Waals surface area contributed by atoms with Gasteiger partial charge in [-0.15, -0.1) is 29.7 Å². The summed E-state index contributed by atoms with van der Waals surface area (Å²) >= 11 is 2.66. The Kier molecular flexibility index (Phi) is 7.37. The van der Waals surface area contributed by atoms with Gasteiger partial charge in [0.25, 0.3) is 5.56 Å². The Morgan fingerprint density at radius 1 is 1.28 bits per heavy atom. The lowest BCUT2D eigenvalue weighted by atomic mass is 9.99. The van der Waals surface area contributed by atoms with E-state index < -0.39 is 11.5 Å². The van der Waals surface area contributed by atoms with Crippen LogP contribution in [0.3, 0.4) is 0 Å². The van der Waals surface area contributed by atoms with Crippen molar-refractivity contribution >= 4 is 40.2 Å². The molecule has 7 nitrogen and oxygen atoms in total. The van der Waals surface area contributed by atoms with Gasteiger partial charge in [-0.3, -0.25) is 9.36 Å². The molecule has 1 N–H and O–H groups in total. The predicted molar refractivity (Wildman–Crippen MR) is 126 cm³/mol. The zero-order valence-corrected chi connectivity index (χ0v) is 19.0. The highest BCUT2D eigenvalue weighted by Gasteiger charge is 2.21. The maximum atomic E-state index is 13.4. The van der Waals surface area contributed by atoms with E-state index in [4.69, 9.17) is 0 Å². The first-order valence-corrected chi connectivity index (χ1v) is 11.6. The summed E-state index contributed by atoms with van der Waals surface area (Å²) in [7, 11) is 0. The molecule has 1 fully saturated rings. The molecule has 9 heteroatoms. The van der Waals surface area contributed by atoms with Crippen LogP contribution in [0.15, 0.2) is 52.8 Å². The molecule has 0 unspecified atom stereocenters. The number of nitrogens with zero attached hydrogens (tertiary/aromatic N) is 4. The summed E-state index contributed by atoms with van der Waals surface area (Å²) in [5.74, 6) is -0.211. The van der Waals surface area contributed by atoms with Crippen molar-refractivity contribution in [3.63, 3.8) is 0 Å². The van der Waals surface area contributed by atoms with Crippen molar-refractivity contribution in [2.75, 3.05) is 18.8 Å². The van der Waals surface area contributed by atoms with Gasteiger partial charge in [-0.1, -0.05) is 24.3 Å². The van der Waals surface area contributed by atoms with Crippen LogP contribution in [0.4, 0.5) is 0 Å². The summed E-state index contributed by atoms with van der Waals surface area (Å²) in [6.07, 6.45) is 3.36. The minimum absolute atomic E-state index is 0.0692. The lowest BCUT2D eigenvalue weighted by Gasteiger charge is -2.17. The second kappa shape index (κ2) is 10.2. The van der Waals surface area contributed by atoms with Crippen LogP contribution in [-0.2, 0) is 6.54 Å². The molecule has 1 aromatic heterocycles. The third kappa shape index (κ3) is 4.40. The SMILES string of the molecule is C=CCn1c(=C(C#N)C#N)s/c(=C(/C=C2SCCN2CC)c2ccccc2C(=O)O)c1=O. The highest BCUT2D eigenvalue weighted by Crippen LogP contribution is 2.30. The smallest absolute Gasteiger partial charge is 0.336 e. The standard InChI is InChI=1S/C23H20N4O3S2/c1-3-9-27-21(28)20(32-22(27)15(13-24)14-25)18(12-19-26(4-2)10-11-31-19)16-7-5-6-8-17(16)23(29)30/h3,5-8,12H,1,4,9-11H2,2H3,(H,29,30)/b19-12?,20-18-. The van der Waals surface area contributed by atoms with Gasteiger partial charge in [-0.2, -0.15) is 10.5 Å². The Morgan fingerprint density at radius 3 is 2.56 bits per heavy atom. The van der Waals surface area contributed by atoms with E-state index in [1.807, 2.05) is 25.1 Å². The largest absolute Gasteiger partial charge is 0.478 e. The first-order valence-electron chi connectivity index (χ1n) is 9.78. The zero-order valence-electron chi connectivity index (χ0n) is 17.4. The van der Waals surface area contributed by atoms with Gasteiger partial charge < -0.3 is 10.0 Å². The minimum atomic E-state index is -1.10. The maximum absolute atomic E-state index is 13.4. The van der Waals surface area contributed by atoms with E-state index in [-0.39, 0.29) is 26.9 Å². The fourth-order valence-electron chi connectivity index (χ4n) is 3.38. The van der Waals surface area contributed by atoms with Crippen LogP contribution >= 0.6 is 23.1 Å². The van der Waals surface area contributed by atoms with Crippen LogP contribution in [0.1, 0.15) is 22.8 Å². The first kappa shape index (κ1) is 23.1. The molecule has 0 atom stereocenters. The summed E-state index contributed by atoms with van der Waals surface area (Å²) in [6, 6.07) is 10.2. The molecule has 32 heavy (non-hydrogen) atoms. The molecule has 2 heterocycles. The van der Waals surface area contributed by atoms with Crippen LogP contribution in [0.2, 0.25) is 0 Å². The normalized spacial score (nSPS) is 15.2. The molecule has 1 aliphatic rings. The number of carboxylic acids is 1. The van der Waals surface area contributed by atoms with Crippen molar-refractivity contribution in [2.45, 2.75) is 13.5 Å². The number of nitriles is 2. The second-order valence-electron chi connectivity index (χ2n) is 6.71. The predicted octanol–water partition coefficient (Wildman–Crippen LogP) is 2.10. The fraction of sp³-hybridized carbons (Fsp3) is 0.217. The molecule has 0 radical (unpaired) electrons. The van der Waals surface area contributed by atoms with Crippen LogP contribution < -0.4 is 14.8 Å². The zero-order chi connectivity index (χ0) is 23.3. The highest BCUT2D eigenvalue weighted by atomic mass is 32.2. The Labute approximate surface area is 193 Å². The Bertz CT molecular complexity index is 1350. The van der Waals surface area contributed by atoms with E-state index in [0.29, 0.717) is 11.1 Å². The van der Waals surface area contributed by atoms with Gasteiger partial charge in [0.2, 0.25) is 0 Å². The monoisotopic (exact) mass is 464 g/mol. The van der Waals surface area contributed by atoms with Crippen molar-refractivity contribution in [1.29, 1.82) is 10.5 Å². The second-order valence-corrected chi connectivity index (χ2v) is 8.83. The molecular weight excluding hydrogens is 444 g/mol. The number of carboxylic acid groups (broad SMARTS) is 1. The third-order valence-corrected chi connectivity index (χ3v) is 7.17. The van der Waals surface area contributed by atoms with Crippen LogP contribution in [0.5, 0.6) is 0 Å². The Morgan fingerprint density at radius 2 is 1.97 bits per heavy atom. The lowest BCUT2D eigenvalue weighted by molar-refractivity contribution is 0.0696. The van der Waals surface area contributed by atoms with Crippen molar-refractivity contribution in [2.24, 2.45) is 0 Å². The molecule has 0 saturated carbocycles. The van der Waals surface area contributed by atoms with Gasteiger partial charge in [-0.05, 0) is 24.6 Å². The van der Waals surface area contributed by atoms with Crippen molar-refractivity contribution in [3.05, 3.63) is 78.7 Å². The highest BCUT2D eigenvalue weighted by molar-refractivity contribution is 8.03. The van der Waals surface area contributed by atoms with Gasteiger partial charge in [0, 0.05) is 31.0 Å². The molecular formula is C23H20N4O3S2. The molecule has 0 amide bonds. The summed E-state index contributed by atoms with van der Waals surface area (Å²) in [5, 5.41) is 29.5. The van der Waals surface area contributed by atoms with Crippen LogP contribution in [-0.4, -0.2) is 39.4 Å².